The molecule has 2 heterocycles. The maximum Gasteiger partial charge on any atom is 0.341 e. The molecule has 0 spiro atoms. The van der Waals surface area contributed by atoms with Crippen LogP contribution in [0, 0.1) is 11.6 Å². The van der Waals surface area contributed by atoms with E-state index in [9.17, 15) is 14.7 Å². The van der Waals surface area contributed by atoms with Crippen LogP contribution in [0.1, 0.15) is 35.7 Å². The van der Waals surface area contributed by atoms with Gasteiger partial charge in [-0.3, -0.25) is 4.79 Å². The van der Waals surface area contributed by atoms with Crippen LogP contribution in [0.5, 0.6) is 0 Å². The van der Waals surface area contributed by atoms with Gasteiger partial charge in [0.05, 0.1) is 16.5 Å². The fourth-order valence-electron chi connectivity index (χ4n) is 4.49. The van der Waals surface area contributed by atoms with E-state index in [4.69, 9.17) is 4.74 Å². The zero-order chi connectivity index (χ0) is 21.8. The molecule has 2 fully saturated rings. The number of nitrogens with zero attached hydrogens (tertiary/aromatic N) is 3. The number of fused-ring (bicyclic) bond motifs is 1. The van der Waals surface area contributed by atoms with Crippen molar-refractivity contribution in [3.63, 3.8) is 0 Å². The lowest BCUT2D eigenvalue weighted by Crippen LogP contribution is -2.44. The van der Waals surface area contributed by atoms with E-state index in [1.54, 1.807) is 12.0 Å². The molecule has 1 aliphatic heterocycles. The number of hydrogen-bond acceptors (Lipinski definition) is 5. The number of aromatic carboxylic acids is 1. The molecule has 0 radical (unpaired) electrons. The highest BCUT2D eigenvalue weighted by atomic mass is 19.1. The first kappa shape index (κ1) is 20.7. The molecule has 2 aliphatic rings. The molecular weight excluding hydrogens is 396 g/mol. The summed E-state index contributed by atoms with van der Waals surface area (Å²) < 4.78 is 38.0. The van der Waals surface area contributed by atoms with Crippen molar-refractivity contribution >= 4 is 22.6 Å². The van der Waals surface area contributed by atoms with Crippen LogP contribution < -0.4 is 10.3 Å². The third-order valence-electron chi connectivity index (χ3n) is 6.02. The summed E-state index contributed by atoms with van der Waals surface area (Å²) in [5.74, 6) is -3.12. The highest BCUT2D eigenvalue weighted by molar-refractivity contribution is 5.94. The Morgan fingerprint density at radius 1 is 1.37 bits per heavy atom. The molecule has 9 heteroatoms. The largest absolute Gasteiger partial charge is 0.477 e. The fourth-order valence-corrected chi connectivity index (χ4v) is 4.49. The zero-order valence-electron chi connectivity index (χ0n) is 17.2. The molecule has 4 rings (SSSR count). The van der Waals surface area contributed by atoms with E-state index in [0.29, 0.717) is 26.1 Å². The average molecular weight is 421 g/mol. The monoisotopic (exact) mass is 421 g/mol. The maximum absolute atomic E-state index is 15.7. The predicted molar refractivity (Wildman–Crippen MR) is 108 cm³/mol. The van der Waals surface area contributed by atoms with Crippen LogP contribution in [0.4, 0.5) is 14.5 Å². The van der Waals surface area contributed by atoms with Crippen LogP contribution in [-0.2, 0) is 4.74 Å². The van der Waals surface area contributed by atoms with Crippen LogP contribution in [0.2, 0.25) is 0 Å². The Hall–Kier alpha value is -2.52. The first-order chi connectivity index (χ1) is 14.2. The smallest absolute Gasteiger partial charge is 0.341 e. The summed E-state index contributed by atoms with van der Waals surface area (Å²) in [6, 6.07) is 0.879. The lowest BCUT2D eigenvalue weighted by molar-refractivity contribution is -0.0101. The number of benzene rings is 1. The number of aromatic nitrogens is 1. The van der Waals surface area contributed by atoms with E-state index in [1.807, 2.05) is 19.0 Å². The van der Waals surface area contributed by atoms with Gasteiger partial charge in [-0.1, -0.05) is 0 Å². The van der Waals surface area contributed by atoms with Crippen molar-refractivity contribution in [2.75, 3.05) is 45.7 Å². The lowest BCUT2D eigenvalue weighted by atomic mass is 10.0. The molecule has 30 heavy (non-hydrogen) atoms. The van der Waals surface area contributed by atoms with Gasteiger partial charge in [-0.05, 0) is 39.4 Å². The molecular formula is C21H25F2N3O4. The summed E-state index contributed by atoms with van der Waals surface area (Å²) in [5, 5.41) is 9.10. The van der Waals surface area contributed by atoms with Crippen molar-refractivity contribution in [1.82, 2.24) is 9.47 Å². The van der Waals surface area contributed by atoms with Crippen molar-refractivity contribution in [3.05, 3.63) is 39.7 Å². The van der Waals surface area contributed by atoms with Crippen molar-refractivity contribution in [2.24, 2.45) is 0 Å². The number of rotatable bonds is 6. The third-order valence-corrected chi connectivity index (χ3v) is 6.02. The number of methoxy groups -OCH3 is 1. The summed E-state index contributed by atoms with van der Waals surface area (Å²) in [5.41, 5.74) is -2.14. The summed E-state index contributed by atoms with van der Waals surface area (Å²) in [6.45, 7) is 1.31. The minimum absolute atomic E-state index is 0.0357. The van der Waals surface area contributed by atoms with Gasteiger partial charge in [0.2, 0.25) is 5.43 Å². The number of halogens is 2. The number of hydrogen-bond donors (Lipinski definition) is 1. The highest BCUT2D eigenvalue weighted by Crippen LogP contribution is 2.41. The molecule has 162 valence electrons. The molecule has 1 aromatic carbocycles. The lowest BCUT2D eigenvalue weighted by Gasteiger charge is -2.31. The number of carboxylic acids is 1. The highest BCUT2D eigenvalue weighted by Gasteiger charge is 2.41. The number of carboxylic acid groups (broad SMARTS) is 1. The van der Waals surface area contributed by atoms with Gasteiger partial charge >= 0.3 is 5.97 Å². The zero-order valence-corrected chi connectivity index (χ0v) is 17.2. The number of anilines is 1. The van der Waals surface area contributed by atoms with Crippen LogP contribution in [-0.4, -0.2) is 67.0 Å². The Morgan fingerprint density at radius 2 is 2.07 bits per heavy atom. The van der Waals surface area contributed by atoms with E-state index < -0.39 is 34.2 Å². The van der Waals surface area contributed by atoms with E-state index in [1.165, 1.54) is 10.8 Å². The van der Waals surface area contributed by atoms with Crippen molar-refractivity contribution in [3.8, 4) is 0 Å². The normalized spacial score (nSPS) is 21.7. The van der Waals surface area contributed by atoms with E-state index in [0.717, 1.165) is 18.9 Å². The average Bonchev–Trinajstić information content (AvgIpc) is 3.43. The Labute approximate surface area is 172 Å². The number of ether oxygens (including phenoxy) is 1. The van der Waals surface area contributed by atoms with Crippen LogP contribution in [0.3, 0.4) is 0 Å². The van der Waals surface area contributed by atoms with Gasteiger partial charge in [0, 0.05) is 39.0 Å². The fraction of sp³-hybridized carbons (Fsp3) is 0.524. The Morgan fingerprint density at radius 3 is 2.63 bits per heavy atom. The van der Waals surface area contributed by atoms with Gasteiger partial charge in [0.1, 0.15) is 17.1 Å². The Bertz CT molecular complexity index is 1080. The van der Waals surface area contributed by atoms with Crippen molar-refractivity contribution in [2.45, 2.75) is 30.9 Å². The number of carbonyl (C=O) groups is 1. The minimum atomic E-state index is -1.41. The summed E-state index contributed by atoms with van der Waals surface area (Å²) in [6.07, 6.45) is 3.29. The second-order valence-corrected chi connectivity index (χ2v) is 8.53. The first-order valence-corrected chi connectivity index (χ1v) is 9.92. The molecule has 1 N–H and O–H groups in total. The van der Waals surface area contributed by atoms with Crippen molar-refractivity contribution in [1.29, 1.82) is 0 Å². The van der Waals surface area contributed by atoms with E-state index in [-0.39, 0.29) is 22.6 Å². The standard InChI is InChI=1S/C21H25F2N3O4/c1-24(2)10-21(30-3)6-7-25(11-21)18-15(22)8-13-17(16(18)23)26(12-4-5-12)9-14(19(13)27)20(28)29/h8-9,12H,4-7,10-11H2,1-3H3,(H,28,29). The van der Waals surface area contributed by atoms with Gasteiger partial charge in [-0.2, -0.15) is 0 Å². The Balaban J connectivity index is 1.87. The number of pyridine rings is 1. The first-order valence-electron chi connectivity index (χ1n) is 9.92. The van der Waals surface area contributed by atoms with Crippen LogP contribution in [0.15, 0.2) is 17.1 Å². The molecule has 7 nitrogen and oxygen atoms in total. The maximum atomic E-state index is 15.7. The minimum Gasteiger partial charge on any atom is -0.477 e. The second kappa shape index (κ2) is 7.31. The summed E-state index contributed by atoms with van der Waals surface area (Å²) in [4.78, 5) is 27.7. The molecule has 1 saturated carbocycles. The molecule has 1 unspecified atom stereocenters. The second-order valence-electron chi connectivity index (χ2n) is 8.53. The van der Waals surface area contributed by atoms with Gasteiger partial charge in [-0.15, -0.1) is 0 Å². The molecule has 0 bridgehead atoms. The molecule has 1 aromatic heterocycles. The molecule has 1 saturated heterocycles. The van der Waals surface area contributed by atoms with Crippen LogP contribution >= 0.6 is 0 Å². The van der Waals surface area contributed by atoms with Gasteiger partial charge < -0.3 is 24.2 Å². The van der Waals surface area contributed by atoms with E-state index >= 15 is 8.78 Å². The summed E-state index contributed by atoms with van der Waals surface area (Å²) in [7, 11) is 5.42. The Kier molecular flexibility index (Phi) is 5.06. The summed E-state index contributed by atoms with van der Waals surface area (Å²) >= 11 is 0. The van der Waals surface area contributed by atoms with Crippen LogP contribution in [0.25, 0.3) is 10.9 Å². The SMILES string of the molecule is COC1(CN(C)C)CCN(c2c(F)cc3c(=O)c(C(=O)O)cn(C4CC4)c3c2F)C1. The molecule has 1 aliphatic carbocycles. The molecule has 1 atom stereocenters. The van der Waals surface area contributed by atoms with Gasteiger partial charge in [0.25, 0.3) is 0 Å². The third kappa shape index (κ3) is 3.35. The van der Waals surface area contributed by atoms with Gasteiger partial charge in [0.15, 0.2) is 5.82 Å². The molecule has 0 amide bonds. The van der Waals surface area contributed by atoms with Crippen molar-refractivity contribution < 1.29 is 23.4 Å². The quantitative estimate of drug-likeness (QED) is 0.773. The van der Waals surface area contributed by atoms with Gasteiger partial charge in [-0.25, -0.2) is 13.6 Å². The predicted octanol–water partition coefficient (Wildman–Crippen LogP) is 2.47. The molecule has 2 aromatic rings. The topological polar surface area (TPSA) is 75.0 Å². The van der Waals surface area contributed by atoms with E-state index in [2.05, 4.69) is 0 Å². The number of likely N-dealkylation sites (N-methyl/N-ethyl adjacent to an activating group) is 1.